The van der Waals surface area contributed by atoms with Gasteiger partial charge < -0.3 is 5.73 Å². The van der Waals surface area contributed by atoms with Gasteiger partial charge in [0.15, 0.2) is 9.84 Å². The molecule has 0 aliphatic heterocycles. The van der Waals surface area contributed by atoms with Crippen molar-refractivity contribution in [3.63, 3.8) is 0 Å². The van der Waals surface area contributed by atoms with E-state index in [9.17, 15) is 12.8 Å². The molecule has 0 aromatic heterocycles. The Hall–Kier alpha value is -1.10. The van der Waals surface area contributed by atoms with Crippen molar-refractivity contribution in [3.05, 3.63) is 24.0 Å². The van der Waals surface area contributed by atoms with Gasteiger partial charge in [-0.05, 0) is 37.0 Å². The van der Waals surface area contributed by atoms with Gasteiger partial charge in [0.25, 0.3) is 0 Å². The third-order valence-electron chi connectivity index (χ3n) is 2.53. The van der Waals surface area contributed by atoms with Gasteiger partial charge in [-0.2, -0.15) is 0 Å². The Bertz CT molecular complexity index is 483. The lowest BCUT2D eigenvalue weighted by molar-refractivity contribution is 0.559. The summed E-state index contributed by atoms with van der Waals surface area (Å²) in [5, 5.41) is 0. The lowest BCUT2D eigenvalue weighted by Gasteiger charge is -2.07. The first-order valence-electron chi connectivity index (χ1n) is 5.60. The SMILES string of the molecule is CC(C)CCCS(=O)(=O)c1ccc(N)c(F)c1. The number of benzene rings is 1. The van der Waals surface area contributed by atoms with Crippen LogP contribution in [0.5, 0.6) is 0 Å². The molecule has 3 nitrogen and oxygen atoms in total. The minimum Gasteiger partial charge on any atom is -0.396 e. The van der Waals surface area contributed by atoms with Crippen LogP contribution < -0.4 is 5.73 Å². The monoisotopic (exact) mass is 259 g/mol. The molecule has 5 heteroatoms. The summed E-state index contributed by atoms with van der Waals surface area (Å²) >= 11 is 0. The number of rotatable bonds is 5. The minimum absolute atomic E-state index is 0.00737. The number of sulfone groups is 1. The Morgan fingerprint density at radius 2 is 2.00 bits per heavy atom. The molecule has 0 saturated carbocycles. The van der Waals surface area contributed by atoms with Gasteiger partial charge >= 0.3 is 0 Å². The number of hydrogen-bond acceptors (Lipinski definition) is 3. The Balaban J connectivity index is 2.79. The van der Waals surface area contributed by atoms with Crippen molar-refractivity contribution in [3.8, 4) is 0 Å². The predicted molar refractivity (Wildman–Crippen MR) is 66.9 cm³/mol. The van der Waals surface area contributed by atoms with Crippen molar-refractivity contribution in [2.45, 2.75) is 31.6 Å². The minimum atomic E-state index is -3.39. The number of nitrogen functional groups attached to an aromatic ring is 1. The topological polar surface area (TPSA) is 60.2 Å². The maximum absolute atomic E-state index is 13.2. The Morgan fingerprint density at radius 1 is 1.35 bits per heavy atom. The first-order chi connectivity index (χ1) is 7.83. The smallest absolute Gasteiger partial charge is 0.178 e. The van der Waals surface area contributed by atoms with Gasteiger partial charge in [-0.25, -0.2) is 12.8 Å². The van der Waals surface area contributed by atoms with Crippen LogP contribution in [0.15, 0.2) is 23.1 Å². The van der Waals surface area contributed by atoms with Gasteiger partial charge in [-0.3, -0.25) is 0 Å². The summed E-state index contributed by atoms with van der Waals surface area (Å²) in [6.07, 6.45) is 1.43. The lowest BCUT2D eigenvalue weighted by Crippen LogP contribution is -2.08. The van der Waals surface area contributed by atoms with E-state index in [1.807, 2.05) is 13.8 Å². The molecule has 1 aromatic rings. The van der Waals surface area contributed by atoms with Gasteiger partial charge in [0.2, 0.25) is 0 Å². The van der Waals surface area contributed by atoms with Crippen LogP contribution in [0.4, 0.5) is 10.1 Å². The molecule has 0 spiro atoms. The summed E-state index contributed by atoms with van der Waals surface area (Å²) < 4.78 is 36.9. The molecule has 0 unspecified atom stereocenters. The van der Waals surface area contributed by atoms with Crippen molar-refractivity contribution in [2.75, 3.05) is 11.5 Å². The summed E-state index contributed by atoms with van der Waals surface area (Å²) in [7, 11) is -3.39. The highest BCUT2D eigenvalue weighted by Crippen LogP contribution is 2.19. The molecule has 0 fully saturated rings. The van der Waals surface area contributed by atoms with E-state index in [0.717, 1.165) is 12.5 Å². The molecule has 0 aliphatic rings. The van der Waals surface area contributed by atoms with Crippen LogP contribution in [0, 0.1) is 11.7 Å². The number of halogens is 1. The molecule has 0 bridgehead atoms. The van der Waals surface area contributed by atoms with E-state index in [-0.39, 0.29) is 16.3 Å². The highest BCUT2D eigenvalue weighted by Gasteiger charge is 2.15. The molecule has 0 radical (unpaired) electrons. The molecule has 2 N–H and O–H groups in total. The van der Waals surface area contributed by atoms with Gasteiger partial charge in [0.1, 0.15) is 5.82 Å². The molecule has 1 rings (SSSR count). The first kappa shape index (κ1) is 14.0. The molecule has 0 heterocycles. The molecular formula is C12H18FNO2S. The number of anilines is 1. The Kier molecular flexibility index (Phi) is 4.51. The van der Waals surface area contributed by atoms with E-state index in [1.54, 1.807) is 0 Å². The van der Waals surface area contributed by atoms with E-state index in [4.69, 9.17) is 5.73 Å². The van der Waals surface area contributed by atoms with Crippen molar-refractivity contribution < 1.29 is 12.8 Å². The van der Waals surface area contributed by atoms with Crippen LogP contribution >= 0.6 is 0 Å². The second kappa shape index (κ2) is 5.49. The average molecular weight is 259 g/mol. The van der Waals surface area contributed by atoms with E-state index in [2.05, 4.69) is 0 Å². The van der Waals surface area contributed by atoms with Crippen LogP contribution in [-0.2, 0) is 9.84 Å². The summed E-state index contributed by atoms with van der Waals surface area (Å²) in [5.41, 5.74) is 5.27. The zero-order valence-corrected chi connectivity index (χ0v) is 10.9. The normalized spacial score (nSPS) is 12.0. The molecule has 1 aromatic carbocycles. The van der Waals surface area contributed by atoms with Crippen LogP contribution in [0.25, 0.3) is 0 Å². The fourth-order valence-corrected chi connectivity index (χ4v) is 2.84. The van der Waals surface area contributed by atoms with E-state index in [0.29, 0.717) is 12.3 Å². The molecule has 17 heavy (non-hydrogen) atoms. The summed E-state index contributed by atoms with van der Waals surface area (Å²) in [6, 6.07) is 3.62. The highest BCUT2D eigenvalue weighted by molar-refractivity contribution is 7.91. The third-order valence-corrected chi connectivity index (χ3v) is 4.32. The lowest BCUT2D eigenvalue weighted by atomic mass is 10.1. The summed E-state index contributed by atoms with van der Waals surface area (Å²) in [4.78, 5) is 0.00737. The second-order valence-electron chi connectivity index (χ2n) is 4.54. The van der Waals surface area contributed by atoms with Crippen LogP contribution in [-0.4, -0.2) is 14.2 Å². The van der Waals surface area contributed by atoms with Crippen molar-refractivity contribution >= 4 is 15.5 Å². The Morgan fingerprint density at radius 3 is 2.53 bits per heavy atom. The van der Waals surface area contributed by atoms with Gasteiger partial charge in [0, 0.05) is 0 Å². The van der Waals surface area contributed by atoms with Crippen LogP contribution in [0.1, 0.15) is 26.7 Å². The standard InChI is InChI=1S/C12H18FNO2S/c1-9(2)4-3-7-17(15,16)10-5-6-12(14)11(13)8-10/h5-6,8-9H,3-4,7,14H2,1-2H3. The van der Waals surface area contributed by atoms with Gasteiger partial charge in [-0.1, -0.05) is 13.8 Å². The summed E-state index contributed by atoms with van der Waals surface area (Å²) in [6.45, 7) is 4.07. The second-order valence-corrected chi connectivity index (χ2v) is 6.65. The fraction of sp³-hybridized carbons (Fsp3) is 0.500. The number of nitrogens with two attached hydrogens (primary N) is 1. The quantitative estimate of drug-likeness (QED) is 0.827. The fourth-order valence-electron chi connectivity index (χ4n) is 1.50. The molecule has 0 amide bonds. The Labute approximate surface area is 102 Å². The van der Waals surface area contributed by atoms with E-state index in [1.165, 1.54) is 12.1 Å². The first-order valence-corrected chi connectivity index (χ1v) is 7.26. The molecule has 0 saturated heterocycles. The van der Waals surface area contributed by atoms with Crippen LogP contribution in [0.3, 0.4) is 0 Å². The third kappa shape index (κ3) is 4.00. The average Bonchev–Trinajstić information content (AvgIpc) is 2.21. The van der Waals surface area contributed by atoms with Crippen molar-refractivity contribution in [2.24, 2.45) is 5.92 Å². The van der Waals surface area contributed by atoms with Crippen molar-refractivity contribution in [1.82, 2.24) is 0 Å². The van der Waals surface area contributed by atoms with Gasteiger partial charge in [-0.15, -0.1) is 0 Å². The van der Waals surface area contributed by atoms with Crippen molar-refractivity contribution in [1.29, 1.82) is 0 Å². The molecule has 0 atom stereocenters. The predicted octanol–water partition coefficient (Wildman–Crippen LogP) is 2.62. The largest absolute Gasteiger partial charge is 0.396 e. The molecular weight excluding hydrogens is 241 g/mol. The van der Waals surface area contributed by atoms with Crippen LogP contribution in [0.2, 0.25) is 0 Å². The number of hydrogen-bond donors (Lipinski definition) is 1. The summed E-state index contributed by atoms with van der Waals surface area (Å²) in [5.74, 6) is -0.169. The maximum atomic E-state index is 13.2. The molecule has 0 aliphatic carbocycles. The highest BCUT2D eigenvalue weighted by atomic mass is 32.2. The van der Waals surface area contributed by atoms with E-state index < -0.39 is 15.7 Å². The zero-order valence-electron chi connectivity index (χ0n) is 10.1. The van der Waals surface area contributed by atoms with E-state index >= 15 is 0 Å². The molecule has 96 valence electrons. The maximum Gasteiger partial charge on any atom is 0.178 e. The zero-order chi connectivity index (χ0) is 13.1. The van der Waals surface area contributed by atoms with Gasteiger partial charge in [0.05, 0.1) is 16.3 Å².